The van der Waals surface area contributed by atoms with E-state index in [2.05, 4.69) is 10.1 Å². The monoisotopic (exact) mass is 359 g/mol. The fraction of sp³-hybridized carbons (Fsp3) is 0.263. The molecule has 2 rings (SSSR count). The van der Waals surface area contributed by atoms with Gasteiger partial charge in [-0.2, -0.15) is 0 Å². The second kappa shape index (κ2) is 9.31. The maximum Gasteiger partial charge on any atom is 0.309 e. The van der Waals surface area contributed by atoms with Crippen LogP contribution in [0.1, 0.15) is 5.56 Å². The van der Waals surface area contributed by atoms with Crippen molar-refractivity contribution in [1.29, 1.82) is 0 Å². The van der Waals surface area contributed by atoms with Crippen LogP contribution in [0.2, 0.25) is 0 Å². The lowest BCUT2D eigenvalue weighted by Crippen LogP contribution is -2.20. The third-order valence-corrected chi connectivity index (χ3v) is 3.54. The Morgan fingerprint density at radius 2 is 1.62 bits per heavy atom. The fourth-order valence-corrected chi connectivity index (χ4v) is 2.20. The Balaban J connectivity index is 1.87. The molecule has 7 nitrogen and oxygen atoms in total. The van der Waals surface area contributed by atoms with E-state index in [1.54, 1.807) is 49.6 Å². The van der Waals surface area contributed by atoms with Gasteiger partial charge in [-0.1, -0.05) is 12.1 Å². The molecular formula is C19H21NO6. The maximum atomic E-state index is 12.0. The molecule has 2 aromatic carbocycles. The van der Waals surface area contributed by atoms with E-state index >= 15 is 0 Å². The molecule has 0 radical (unpaired) electrons. The Morgan fingerprint density at radius 1 is 0.923 bits per heavy atom. The summed E-state index contributed by atoms with van der Waals surface area (Å²) in [5.41, 5.74) is 1.38. The first-order valence-corrected chi connectivity index (χ1v) is 7.86. The molecule has 0 spiro atoms. The van der Waals surface area contributed by atoms with Crippen molar-refractivity contribution in [3.63, 3.8) is 0 Å². The van der Waals surface area contributed by atoms with Gasteiger partial charge in [0, 0.05) is 11.8 Å². The summed E-state index contributed by atoms with van der Waals surface area (Å²) >= 11 is 0. The molecule has 0 fully saturated rings. The summed E-state index contributed by atoms with van der Waals surface area (Å²) in [4.78, 5) is 23.2. The SMILES string of the molecule is COC(=O)Cc1ccc(OCC(=O)Nc2ccc(OC)c(OC)c2)cc1. The van der Waals surface area contributed by atoms with Gasteiger partial charge in [-0.05, 0) is 29.8 Å². The van der Waals surface area contributed by atoms with Crippen LogP contribution in [0.25, 0.3) is 0 Å². The van der Waals surface area contributed by atoms with Gasteiger partial charge in [-0.25, -0.2) is 0 Å². The Morgan fingerprint density at radius 3 is 2.23 bits per heavy atom. The van der Waals surface area contributed by atoms with Crippen molar-refractivity contribution < 1.29 is 28.5 Å². The third-order valence-electron chi connectivity index (χ3n) is 3.54. The van der Waals surface area contributed by atoms with E-state index in [0.717, 1.165) is 5.56 Å². The van der Waals surface area contributed by atoms with E-state index in [1.165, 1.54) is 14.2 Å². The lowest BCUT2D eigenvalue weighted by Gasteiger charge is -2.11. The highest BCUT2D eigenvalue weighted by atomic mass is 16.5. The number of amides is 1. The second-order valence-corrected chi connectivity index (χ2v) is 5.30. The van der Waals surface area contributed by atoms with Crippen molar-refractivity contribution in [2.45, 2.75) is 6.42 Å². The summed E-state index contributed by atoms with van der Waals surface area (Å²) in [6, 6.07) is 12.0. The van der Waals surface area contributed by atoms with Crippen molar-refractivity contribution in [3.8, 4) is 17.2 Å². The maximum absolute atomic E-state index is 12.0. The van der Waals surface area contributed by atoms with Crippen molar-refractivity contribution in [3.05, 3.63) is 48.0 Å². The van der Waals surface area contributed by atoms with Crippen molar-refractivity contribution >= 4 is 17.6 Å². The molecule has 0 unspecified atom stereocenters. The number of ether oxygens (including phenoxy) is 4. The van der Waals surface area contributed by atoms with Crippen LogP contribution in [0.4, 0.5) is 5.69 Å². The average Bonchev–Trinajstić information content (AvgIpc) is 2.67. The van der Waals surface area contributed by atoms with Crippen LogP contribution in [0.3, 0.4) is 0 Å². The molecule has 7 heteroatoms. The minimum Gasteiger partial charge on any atom is -0.493 e. The first-order chi connectivity index (χ1) is 12.5. The van der Waals surface area contributed by atoms with Crippen LogP contribution in [-0.2, 0) is 20.7 Å². The fourth-order valence-electron chi connectivity index (χ4n) is 2.20. The van der Waals surface area contributed by atoms with E-state index in [-0.39, 0.29) is 24.9 Å². The molecule has 0 aromatic heterocycles. The number of methoxy groups -OCH3 is 3. The van der Waals surface area contributed by atoms with Gasteiger partial charge < -0.3 is 24.3 Å². The van der Waals surface area contributed by atoms with Crippen LogP contribution < -0.4 is 19.5 Å². The summed E-state index contributed by atoms with van der Waals surface area (Å²) < 4.78 is 20.4. The van der Waals surface area contributed by atoms with Gasteiger partial charge in [-0.3, -0.25) is 9.59 Å². The zero-order valence-electron chi connectivity index (χ0n) is 14.9. The zero-order chi connectivity index (χ0) is 18.9. The Labute approximate surface area is 151 Å². The molecular weight excluding hydrogens is 338 g/mol. The number of hydrogen-bond donors (Lipinski definition) is 1. The number of carbonyl (C=O) groups excluding carboxylic acids is 2. The second-order valence-electron chi connectivity index (χ2n) is 5.30. The number of anilines is 1. The van der Waals surface area contributed by atoms with E-state index in [0.29, 0.717) is 22.9 Å². The number of nitrogens with one attached hydrogen (secondary N) is 1. The molecule has 0 saturated heterocycles. The number of hydrogen-bond acceptors (Lipinski definition) is 6. The average molecular weight is 359 g/mol. The molecule has 0 aliphatic rings. The molecule has 0 aliphatic carbocycles. The highest BCUT2D eigenvalue weighted by Crippen LogP contribution is 2.29. The lowest BCUT2D eigenvalue weighted by molar-refractivity contribution is -0.139. The molecule has 0 aliphatic heterocycles. The summed E-state index contributed by atoms with van der Waals surface area (Å²) in [6.45, 7) is -0.148. The molecule has 0 saturated carbocycles. The standard InChI is InChI=1S/C19H21NO6/c1-23-16-9-6-14(11-17(16)24-2)20-18(21)12-26-15-7-4-13(5-8-15)10-19(22)25-3/h4-9,11H,10,12H2,1-3H3,(H,20,21). The molecule has 2 aromatic rings. The highest BCUT2D eigenvalue weighted by Gasteiger charge is 2.08. The molecule has 0 atom stereocenters. The van der Waals surface area contributed by atoms with Gasteiger partial charge in [0.1, 0.15) is 5.75 Å². The van der Waals surface area contributed by atoms with Crippen molar-refractivity contribution in [2.75, 3.05) is 33.3 Å². The smallest absolute Gasteiger partial charge is 0.309 e. The van der Waals surface area contributed by atoms with Crippen LogP contribution in [0.5, 0.6) is 17.2 Å². The predicted molar refractivity (Wildman–Crippen MR) is 95.8 cm³/mol. The molecule has 0 bridgehead atoms. The predicted octanol–water partition coefficient (Wildman–Crippen LogP) is 2.44. The van der Waals surface area contributed by atoms with E-state index in [1.807, 2.05) is 0 Å². The minimum atomic E-state index is -0.312. The normalized spacial score (nSPS) is 9.96. The van der Waals surface area contributed by atoms with Crippen LogP contribution in [-0.4, -0.2) is 39.8 Å². The van der Waals surface area contributed by atoms with Crippen molar-refractivity contribution in [2.24, 2.45) is 0 Å². The lowest BCUT2D eigenvalue weighted by atomic mass is 10.1. The molecule has 1 N–H and O–H groups in total. The topological polar surface area (TPSA) is 83.1 Å². The molecule has 138 valence electrons. The zero-order valence-corrected chi connectivity index (χ0v) is 14.9. The first-order valence-electron chi connectivity index (χ1n) is 7.86. The van der Waals surface area contributed by atoms with Crippen molar-refractivity contribution in [1.82, 2.24) is 0 Å². The van der Waals surface area contributed by atoms with Gasteiger partial charge in [0.15, 0.2) is 18.1 Å². The van der Waals surface area contributed by atoms with Gasteiger partial charge >= 0.3 is 5.97 Å². The van der Waals surface area contributed by atoms with Gasteiger partial charge in [0.05, 0.1) is 27.8 Å². The Hall–Kier alpha value is -3.22. The number of esters is 1. The third kappa shape index (κ3) is 5.41. The van der Waals surface area contributed by atoms with Gasteiger partial charge in [-0.15, -0.1) is 0 Å². The van der Waals surface area contributed by atoms with Crippen LogP contribution in [0.15, 0.2) is 42.5 Å². The number of benzene rings is 2. The van der Waals surface area contributed by atoms with Gasteiger partial charge in [0.2, 0.25) is 0 Å². The summed E-state index contributed by atoms with van der Waals surface area (Å²) in [5, 5.41) is 2.72. The Kier molecular flexibility index (Phi) is 6.84. The molecule has 1 amide bonds. The highest BCUT2D eigenvalue weighted by molar-refractivity contribution is 5.92. The van der Waals surface area contributed by atoms with Crippen LogP contribution in [0, 0.1) is 0 Å². The van der Waals surface area contributed by atoms with Gasteiger partial charge in [0.25, 0.3) is 5.91 Å². The van der Waals surface area contributed by atoms with Crippen LogP contribution >= 0.6 is 0 Å². The summed E-state index contributed by atoms with van der Waals surface area (Å²) in [5.74, 6) is 1.01. The molecule has 26 heavy (non-hydrogen) atoms. The largest absolute Gasteiger partial charge is 0.493 e. The first kappa shape index (κ1) is 19.1. The van der Waals surface area contributed by atoms with E-state index in [4.69, 9.17) is 14.2 Å². The minimum absolute atomic E-state index is 0.148. The molecule has 0 heterocycles. The summed E-state index contributed by atoms with van der Waals surface area (Å²) in [6.07, 6.45) is 0.191. The quantitative estimate of drug-likeness (QED) is 0.729. The summed E-state index contributed by atoms with van der Waals surface area (Å²) in [7, 11) is 4.41. The Bertz CT molecular complexity index is 757. The van der Waals surface area contributed by atoms with E-state index < -0.39 is 0 Å². The number of rotatable bonds is 8. The van der Waals surface area contributed by atoms with E-state index in [9.17, 15) is 9.59 Å². The number of carbonyl (C=O) groups is 2.